The summed E-state index contributed by atoms with van der Waals surface area (Å²) in [4.78, 5) is 25.5. The molecule has 1 amide bonds. The van der Waals surface area contributed by atoms with Crippen molar-refractivity contribution in [1.29, 1.82) is 0 Å². The van der Waals surface area contributed by atoms with E-state index in [2.05, 4.69) is 15.9 Å². The normalized spacial score (nSPS) is 15.5. The van der Waals surface area contributed by atoms with E-state index in [9.17, 15) is 14.0 Å². The molecule has 1 fully saturated rings. The number of carbonyl (C=O) groups excluding carboxylic acids is 2. The first-order chi connectivity index (χ1) is 11.5. The smallest absolute Gasteiger partial charge is 0.331 e. The highest BCUT2D eigenvalue weighted by atomic mass is 79.9. The van der Waals surface area contributed by atoms with Crippen molar-refractivity contribution in [2.45, 2.75) is 38.1 Å². The van der Waals surface area contributed by atoms with Crippen LogP contribution in [0.2, 0.25) is 0 Å². The van der Waals surface area contributed by atoms with Crippen LogP contribution in [0.5, 0.6) is 0 Å². The number of likely N-dealkylation sites (N-methyl/N-ethyl adjacent to an activating group) is 1. The van der Waals surface area contributed by atoms with Gasteiger partial charge in [0, 0.05) is 29.2 Å². The Morgan fingerprint density at radius 2 is 2.04 bits per heavy atom. The molecule has 1 aliphatic carbocycles. The first-order valence-corrected chi connectivity index (χ1v) is 8.82. The fourth-order valence-corrected chi connectivity index (χ4v) is 3.13. The standard InChI is InChI=1S/C18H21BrFNO3/c1-21(15-5-3-2-4-6-15)17(22)12-24-18(23)10-7-13-11-14(19)8-9-16(13)20/h7-11,15H,2-6,12H2,1H3/b10-7+. The number of hydrogen-bond acceptors (Lipinski definition) is 3. The molecule has 1 aromatic carbocycles. The summed E-state index contributed by atoms with van der Waals surface area (Å²) in [6, 6.07) is 4.67. The summed E-state index contributed by atoms with van der Waals surface area (Å²) in [5.41, 5.74) is 0.270. The van der Waals surface area contributed by atoms with Crippen molar-refractivity contribution in [3.8, 4) is 0 Å². The fourth-order valence-electron chi connectivity index (χ4n) is 2.75. The number of amides is 1. The van der Waals surface area contributed by atoms with Gasteiger partial charge in [-0.15, -0.1) is 0 Å². The average Bonchev–Trinajstić information content (AvgIpc) is 2.60. The zero-order chi connectivity index (χ0) is 17.5. The molecule has 0 aliphatic heterocycles. The van der Waals surface area contributed by atoms with Crippen LogP contribution in [0.3, 0.4) is 0 Å². The number of esters is 1. The summed E-state index contributed by atoms with van der Waals surface area (Å²) >= 11 is 3.24. The van der Waals surface area contributed by atoms with Gasteiger partial charge in [-0.2, -0.15) is 0 Å². The fraction of sp³-hybridized carbons (Fsp3) is 0.444. The lowest BCUT2D eigenvalue weighted by Crippen LogP contribution is -2.40. The first-order valence-electron chi connectivity index (χ1n) is 8.03. The van der Waals surface area contributed by atoms with Crippen LogP contribution in [-0.4, -0.2) is 36.5 Å². The number of benzene rings is 1. The number of halogens is 2. The van der Waals surface area contributed by atoms with Gasteiger partial charge < -0.3 is 9.64 Å². The van der Waals surface area contributed by atoms with Gasteiger partial charge in [-0.25, -0.2) is 9.18 Å². The van der Waals surface area contributed by atoms with E-state index in [1.54, 1.807) is 24.1 Å². The number of ether oxygens (including phenoxy) is 1. The maximum absolute atomic E-state index is 13.6. The number of rotatable bonds is 5. The minimum Gasteiger partial charge on any atom is -0.452 e. The molecule has 1 aromatic rings. The summed E-state index contributed by atoms with van der Waals surface area (Å²) in [6.07, 6.45) is 7.92. The van der Waals surface area contributed by atoms with Crippen molar-refractivity contribution in [2.75, 3.05) is 13.7 Å². The van der Waals surface area contributed by atoms with E-state index < -0.39 is 11.8 Å². The lowest BCUT2D eigenvalue weighted by Gasteiger charge is -2.31. The monoisotopic (exact) mass is 397 g/mol. The zero-order valence-electron chi connectivity index (χ0n) is 13.6. The van der Waals surface area contributed by atoms with Crippen LogP contribution in [0, 0.1) is 5.82 Å². The van der Waals surface area contributed by atoms with Gasteiger partial charge in [-0.05, 0) is 37.1 Å². The molecule has 24 heavy (non-hydrogen) atoms. The SMILES string of the molecule is CN(C(=O)COC(=O)/C=C/c1cc(Br)ccc1F)C1CCCCC1. The molecular weight excluding hydrogens is 377 g/mol. The molecule has 0 N–H and O–H groups in total. The zero-order valence-corrected chi connectivity index (χ0v) is 15.2. The summed E-state index contributed by atoms with van der Waals surface area (Å²) in [7, 11) is 1.75. The van der Waals surface area contributed by atoms with E-state index in [-0.39, 0.29) is 24.1 Å². The van der Waals surface area contributed by atoms with Gasteiger partial charge in [0.2, 0.25) is 0 Å². The second-order valence-corrected chi connectivity index (χ2v) is 6.82. The molecule has 0 bridgehead atoms. The lowest BCUT2D eigenvalue weighted by molar-refractivity contribution is -0.148. The molecule has 0 radical (unpaired) electrons. The summed E-state index contributed by atoms with van der Waals surface area (Å²) in [6.45, 7) is -0.295. The Hall–Kier alpha value is -1.69. The molecule has 0 atom stereocenters. The summed E-state index contributed by atoms with van der Waals surface area (Å²) in [5.74, 6) is -1.31. The Morgan fingerprint density at radius 3 is 2.75 bits per heavy atom. The molecule has 0 unspecified atom stereocenters. The molecule has 4 nitrogen and oxygen atoms in total. The molecule has 0 aromatic heterocycles. The molecule has 130 valence electrons. The van der Waals surface area contributed by atoms with E-state index >= 15 is 0 Å². The van der Waals surface area contributed by atoms with Crippen molar-refractivity contribution in [2.24, 2.45) is 0 Å². The van der Waals surface area contributed by atoms with Crippen LogP contribution < -0.4 is 0 Å². The number of carbonyl (C=O) groups is 2. The van der Waals surface area contributed by atoms with Gasteiger partial charge in [0.1, 0.15) is 5.82 Å². The first kappa shape index (κ1) is 18.6. The van der Waals surface area contributed by atoms with Crippen LogP contribution in [-0.2, 0) is 14.3 Å². The maximum Gasteiger partial charge on any atom is 0.331 e. The molecule has 6 heteroatoms. The Morgan fingerprint density at radius 1 is 1.33 bits per heavy atom. The van der Waals surface area contributed by atoms with Crippen LogP contribution >= 0.6 is 15.9 Å². The minimum absolute atomic E-state index is 0.211. The van der Waals surface area contributed by atoms with Crippen molar-refractivity contribution in [3.63, 3.8) is 0 Å². The highest BCUT2D eigenvalue weighted by Crippen LogP contribution is 2.21. The molecule has 0 saturated heterocycles. The van der Waals surface area contributed by atoms with E-state index in [1.807, 2.05) is 0 Å². The van der Waals surface area contributed by atoms with E-state index in [1.165, 1.54) is 18.6 Å². The molecule has 0 heterocycles. The average molecular weight is 398 g/mol. The Kier molecular flexibility index (Phi) is 6.97. The third kappa shape index (κ3) is 5.44. The number of nitrogens with zero attached hydrogens (tertiary/aromatic N) is 1. The van der Waals surface area contributed by atoms with E-state index in [4.69, 9.17) is 4.74 Å². The van der Waals surface area contributed by atoms with Crippen molar-refractivity contribution >= 4 is 33.9 Å². The Balaban J connectivity index is 1.82. The lowest BCUT2D eigenvalue weighted by atomic mass is 9.94. The summed E-state index contributed by atoms with van der Waals surface area (Å²) in [5, 5.41) is 0. The molecule has 0 spiro atoms. The van der Waals surface area contributed by atoms with Gasteiger partial charge in [-0.3, -0.25) is 4.79 Å². The minimum atomic E-state index is -0.667. The predicted octanol–water partition coefficient (Wildman–Crippen LogP) is 3.94. The Bertz CT molecular complexity index is 627. The van der Waals surface area contributed by atoms with Crippen LogP contribution in [0.25, 0.3) is 6.08 Å². The maximum atomic E-state index is 13.6. The van der Waals surface area contributed by atoms with Crippen LogP contribution in [0.4, 0.5) is 4.39 Å². The second kappa shape index (κ2) is 8.97. The van der Waals surface area contributed by atoms with Crippen LogP contribution in [0.1, 0.15) is 37.7 Å². The molecule has 1 aliphatic rings. The molecule has 2 rings (SSSR count). The van der Waals surface area contributed by atoms with Crippen LogP contribution in [0.15, 0.2) is 28.7 Å². The Labute approximate surface area is 149 Å². The predicted molar refractivity (Wildman–Crippen MR) is 93.7 cm³/mol. The molecule has 1 saturated carbocycles. The number of hydrogen-bond donors (Lipinski definition) is 0. The highest BCUT2D eigenvalue weighted by molar-refractivity contribution is 9.10. The van der Waals surface area contributed by atoms with Gasteiger partial charge in [0.15, 0.2) is 6.61 Å². The van der Waals surface area contributed by atoms with Crippen molar-refractivity contribution in [1.82, 2.24) is 4.90 Å². The van der Waals surface area contributed by atoms with Gasteiger partial charge in [-0.1, -0.05) is 35.2 Å². The van der Waals surface area contributed by atoms with E-state index in [0.29, 0.717) is 4.47 Å². The van der Waals surface area contributed by atoms with Gasteiger partial charge in [0.25, 0.3) is 5.91 Å². The largest absolute Gasteiger partial charge is 0.452 e. The topological polar surface area (TPSA) is 46.6 Å². The van der Waals surface area contributed by atoms with Gasteiger partial charge in [0.05, 0.1) is 0 Å². The van der Waals surface area contributed by atoms with E-state index in [0.717, 1.165) is 31.8 Å². The third-order valence-electron chi connectivity index (χ3n) is 4.21. The van der Waals surface area contributed by atoms with Crippen molar-refractivity contribution in [3.05, 3.63) is 40.1 Å². The van der Waals surface area contributed by atoms with Gasteiger partial charge >= 0.3 is 5.97 Å². The molecular formula is C18H21BrFNO3. The quantitative estimate of drug-likeness (QED) is 0.558. The highest BCUT2D eigenvalue weighted by Gasteiger charge is 2.22. The third-order valence-corrected chi connectivity index (χ3v) is 4.70. The second-order valence-electron chi connectivity index (χ2n) is 5.90. The van der Waals surface area contributed by atoms with Crippen molar-refractivity contribution < 1.29 is 18.7 Å². The summed E-state index contributed by atoms with van der Waals surface area (Å²) < 4.78 is 19.2.